The highest BCUT2D eigenvalue weighted by Crippen LogP contribution is 2.32. The summed E-state index contributed by atoms with van der Waals surface area (Å²) in [5.74, 6) is -0.0748. The van der Waals surface area contributed by atoms with Gasteiger partial charge >= 0.3 is 5.97 Å². The number of ether oxygens (including phenoxy) is 2. The van der Waals surface area contributed by atoms with Crippen molar-refractivity contribution in [2.24, 2.45) is 0 Å². The van der Waals surface area contributed by atoms with Crippen LogP contribution in [0, 0.1) is 6.92 Å². The molecule has 0 atom stereocenters. The summed E-state index contributed by atoms with van der Waals surface area (Å²) < 4.78 is 10.1. The van der Waals surface area contributed by atoms with Crippen LogP contribution in [0.2, 0.25) is 0 Å². The average molecular weight is 277 g/mol. The highest BCUT2D eigenvalue weighted by molar-refractivity contribution is 7.17. The molecule has 0 fully saturated rings. The molecule has 100 valence electrons. The summed E-state index contributed by atoms with van der Waals surface area (Å²) in [4.78, 5) is 16.5. The third-order valence-corrected chi connectivity index (χ3v) is 3.61. The summed E-state index contributed by atoms with van der Waals surface area (Å²) in [6, 6.07) is 7.96. The Bertz CT molecular complexity index is 575. The number of benzene rings is 1. The zero-order valence-corrected chi connectivity index (χ0v) is 11.9. The van der Waals surface area contributed by atoms with Crippen LogP contribution in [-0.2, 0) is 4.74 Å². The Hall–Kier alpha value is -1.88. The number of thiazole rings is 1. The lowest BCUT2D eigenvalue weighted by Crippen LogP contribution is -2.04. The van der Waals surface area contributed by atoms with Crippen molar-refractivity contribution < 1.29 is 14.3 Å². The standard InChI is InChI=1S/C14H15NO3S/c1-4-18-14(16)11-12(17-3)15-13(19-11)10-7-5-9(2)6-8-10/h5-8H,4H2,1-3H3. The van der Waals surface area contributed by atoms with Crippen molar-refractivity contribution in [2.75, 3.05) is 13.7 Å². The van der Waals surface area contributed by atoms with Crippen LogP contribution in [0.4, 0.5) is 0 Å². The molecule has 1 aromatic heterocycles. The maximum atomic E-state index is 11.8. The van der Waals surface area contributed by atoms with Crippen molar-refractivity contribution in [3.63, 3.8) is 0 Å². The van der Waals surface area contributed by atoms with E-state index in [4.69, 9.17) is 9.47 Å². The van der Waals surface area contributed by atoms with Gasteiger partial charge in [0.1, 0.15) is 5.01 Å². The molecule has 0 aliphatic heterocycles. The van der Waals surface area contributed by atoms with Gasteiger partial charge in [0.15, 0.2) is 4.88 Å². The quantitative estimate of drug-likeness (QED) is 0.804. The Labute approximate surface area is 116 Å². The van der Waals surface area contributed by atoms with Crippen LogP contribution in [0.25, 0.3) is 10.6 Å². The summed E-state index contributed by atoms with van der Waals surface area (Å²) >= 11 is 1.28. The number of hydrogen-bond donors (Lipinski definition) is 0. The number of methoxy groups -OCH3 is 1. The Kier molecular flexibility index (Phi) is 4.16. The fourth-order valence-electron chi connectivity index (χ4n) is 1.59. The Balaban J connectivity index is 2.38. The maximum absolute atomic E-state index is 11.8. The minimum atomic E-state index is -0.393. The first-order valence-corrected chi connectivity index (χ1v) is 6.76. The number of hydrogen-bond acceptors (Lipinski definition) is 5. The number of carbonyl (C=O) groups is 1. The van der Waals surface area contributed by atoms with E-state index in [1.807, 2.05) is 31.2 Å². The Morgan fingerprint density at radius 3 is 2.58 bits per heavy atom. The molecule has 1 heterocycles. The van der Waals surface area contributed by atoms with E-state index in [1.165, 1.54) is 24.0 Å². The highest BCUT2D eigenvalue weighted by atomic mass is 32.1. The molecule has 2 rings (SSSR count). The lowest BCUT2D eigenvalue weighted by molar-refractivity contribution is 0.0528. The van der Waals surface area contributed by atoms with Gasteiger partial charge in [-0.25, -0.2) is 9.78 Å². The first-order valence-electron chi connectivity index (χ1n) is 5.94. The second-order valence-electron chi connectivity index (χ2n) is 3.94. The Morgan fingerprint density at radius 2 is 2.00 bits per heavy atom. The lowest BCUT2D eigenvalue weighted by atomic mass is 10.2. The van der Waals surface area contributed by atoms with Crippen LogP contribution in [0.15, 0.2) is 24.3 Å². The third-order valence-electron chi connectivity index (χ3n) is 2.55. The molecule has 0 aliphatic rings. The van der Waals surface area contributed by atoms with Crippen molar-refractivity contribution >= 4 is 17.3 Å². The van der Waals surface area contributed by atoms with Crippen LogP contribution in [0.3, 0.4) is 0 Å². The predicted molar refractivity (Wildman–Crippen MR) is 74.8 cm³/mol. The molecule has 4 nitrogen and oxygen atoms in total. The van der Waals surface area contributed by atoms with E-state index < -0.39 is 5.97 Å². The first kappa shape index (κ1) is 13.5. The average Bonchev–Trinajstić information content (AvgIpc) is 2.84. The molecule has 0 amide bonds. The summed E-state index contributed by atoms with van der Waals surface area (Å²) in [6.45, 7) is 4.13. The number of rotatable bonds is 4. The number of esters is 1. The molecule has 0 aliphatic carbocycles. The van der Waals surface area contributed by atoms with Crippen LogP contribution in [0.5, 0.6) is 5.88 Å². The summed E-state index contributed by atoms with van der Waals surface area (Å²) in [6.07, 6.45) is 0. The molecule has 0 N–H and O–H groups in total. The predicted octanol–water partition coefficient (Wildman–Crippen LogP) is 3.30. The number of carbonyl (C=O) groups excluding carboxylic acids is 1. The van der Waals surface area contributed by atoms with Crippen molar-refractivity contribution in [3.8, 4) is 16.5 Å². The van der Waals surface area contributed by atoms with Crippen molar-refractivity contribution in [1.29, 1.82) is 0 Å². The van der Waals surface area contributed by atoms with Gasteiger partial charge < -0.3 is 9.47 Å². The minimum absolute atomic E-state index is 0.319. The molecule has 19 heavy (non-hydrogen) atoms. The van der Waals surface area contributed by atoms with Gasteiger partial charge in [0.2, 0.25) is 5.88 Å². The molecule has 2 aromatic rings. The van der Waals surface area contributed by atoms with E-state index in [0.717, 1.165) is 10.6 Å². The zero-order chi connectivity index (χ0) is 13.8. The molecule has 0 bridgehead atoms. The van der Waals surface area contributed by atoms with Gasteiger partial charge in [-0.1, -0.05) is 29.8 Å². The fraction of sp³-hybridized carbons (Fsp3) is 0.286. The van der Waals surface area contributed by atoms with E-state index >= 15 is 0 Å². The molecule has 0 radical (unpaired) electrons. The molecular weight excluding hydrogens is 262 g/mol. The molecule has 0 spiro atoms. The van der Waals surface area contributed by atoms with Gasteiger partial charge in [0.05, 0.1) is 13.7 Å². The molecule has 0 saturated heterocycles. The van der Waals surface area contributed by atoms with E-state index in [0.29, 0.717) is 17.4 Å². The van der Waals surface area contributed by atoms with E-state index in [1.54, 1.807) is 6.92 Å². The maximum Gasteiger partial charge on any atom is 0.354 e. The van der Waals surface area contributed by atoms with Crippen molar-refractivity contribution in [3.05, 3.63) is 34.7 Å². The molecular formula is C14H15NO3S. The van der Waals surface area contributed by atoms with Crippen molar-refractivity contribution in [1.82, 2.24) is 4.98 Å². The second-order valence-corrected chi connectivity index (χ2v) is 4.94. The summed E-state index contributed by atoms with van der Waals surface area (Å²) in [5, 5.41) is 0.750. The zero-order valence-electron chi connectivity index (χ0n) is 11.1. The SMILES string of the molecule is CCOC(=O)c1sc(-c2ccc(C)cc2)nc1OC. The van der Waals surface area contributed by atoms with Gasteiger partial charge in [-0.05, 0) is 13.8 Å². The van der Waals surface area contributed by atoms with E-state index in [2.05, 4.69) is 4.98 Å². The summed E-state index contributed by atoms with van der Waals surface area (Å²) in [5.41, 5.74) is 2.14. The number of nitrogens with zero attached hydrogens (tertiary/aromatic N) is 1. The van der Waals surface area contributed by atoms with Crippen LogP contribution < -0.4 is 4.74 Å². The van der Waals surface area contributed by atoms with Crippen LogP contribution in [-0.4, -0.2) is 24.7 Å². The highest BCUT2D eigenvalue weighted by Gasteiger charge is 2.20. The van der Waals surface area contributed by atoms with Gasteiger partial charge in [0, 0.05) is 5.56 Å². The monoisotopic (exact) mass is 277 g/mol. The second kappa shape index (κ2) is 5.84. The largest absolute Gasteiger partial charge is 0.480 e. The van der Waals surface area contributed by atoms with E-state index in [-0.39, 0.29) is 0 Å². The minimum Gasteiger partial charge on any atom is -0.480 e. The summed E-state index contributed by atoms with van der Waals surface area (Å²) in [7, 11) is 1.50. The first-order chi connectivity index (χ1) is 9.15. The topological polar surface area (TPSA) is 48.4 Å². The molecule has 0 saturated carbocycles. The van der Waals surface area contributed by atoms with Gasteiger partial charge in [-0.2, -0.15) is 0 Å². The van der Waals surface area contributed by atoms with Gasteiger partial charge in [0.25, 0.3) is 0 Å². The smallest absolute Gasteiger partial charge is 0.354 e. The molecule has 5 heteroatoms. The van der Waals surface area contributed by atoms with E-state index in [9.17, 15) is 4.79 Å². The molecule has 1 aromatic carbocycles. The lowest BCUT2D eigenvalue weighted by Gasteiger charge is -1.99. The fourth-order valence-corrected chi connectivity index (χ4v) is 2.52. The van der Waals surface area contributed by atoms with Crippen LogP contribution in [0.1, 0.15) is 22.2 Å². The van der Waals surface area contributed by atoms with Crippen LogP contribution >= 0.6 is 11.3 Å². The third kappa shape index (κ3) is 2.93. The number of aromatic nitrogens is 1. The number of aryl methyl sites for hydroxylation is 1. The van der Waals surface area contributed by atoms with Crippen molar-refractivity contribution in [2.45, 2.75) is 13.8 Å². The van der Waals surface area contributed by atoms with Gasteiger partial charge in [-0.3, -0.25) is 0 Å². The normalized spacial score (nSPS) is 10.3. The van der Waals surface area contributed by atoms with Gasteiger partial charge in [-0.15, -0.1) is 11.3 Å². The molecule has 0 unspecified atom stereocenters. The Morgan fingerprint density at radius 1 is 1.32 bits per heavy atom.